The van der Waals surface area contributed by atoms with E-state index in [9.17, 15) is 9.59 Å². The third-order valence-electron chi connectivity index (χ3n) is 4.73. The van der Waals surface area contributed by atoms with Crippen molar-refractivity contribution in [3.63, 3.8) is 0 Å². The highest BCUT2D eigenvalue weighted by Gasteiger charge is 2.32. The van der Waals surface area contributed by atoms with Gasteiger partial charge in [0.1, 0.15) is 6.04 Å². The molecule has 0 bridgehead atoms. The van der Waals surface area contributed by atoms with Crippen LogP contribution in [-0.2, 0) is 16.1 Å². The van der Waals surface area contributed by atoms with E-state index in [0.29, 0.717) is 13.1 Å². The minimum absolute atomic E-state index is 0.0265. The number of hydrogen-bond acceptors (Lipinski definition) is 2. The normalized spacial score (nSPS) is 11.9. The third kappa shape index (κ3) is 6.22. The molecule has 2 amide bonds. The van der Waals surface area contributed by atoms with Gasteiger partial charge in [0, 0.05) is 19.0 Å². The van der Waals surface area contributed by atoms with Crippen molar-refractivity contribution >= 4 is 11.8 Å². The molecule has 2 rings (SSSR count). The first-order valence-corrected chi connectivity index (χ1v) is 10.2. The average Bonchev–Trinajstić information content (AvgIpc) is 2.71. The van der Waals surface area contributed by atoms with Crippen molar-refractivity contribution < 1.29 is 9.59 Å². The molecule has 0 saturated heterocycles. The maximum atomic E-state index is 13.2. The molecule has 4 heteroatoms. The first kappa shape index (κ1) is 21.7. The largest absolute Gasteiger partial charge is 0.354 e. The lowest BCUT2D eigenvalue weighted by molar-refractivity contribution is -0.144. The van der Waals surface area contributed by atoms with Gasteiger partial charge in [-0.15, -0.1) is 0 Å². The minimum Gasteiger partial charge on any atom is -0.354 e. The van der Waals surface area contributed by atoms with E-state index >= 15 is 0 Å². The van der Waals surface area contributed by atoms with Gasteiger partial charge in [0.2, 0.25) is 11.8 Å². The Morgan fingerprint density at radius 2 is 1.54 bits per heavy atom. The molecule has 1 N–H and O–H groups in total. The summed E-state index contributed by atoms with van der Waals surface area (Å²) in [6.07, 6.45) is 3.12. The molecule has 0 fully saturated rings. The Labute approximate surface area is 169 Å². The summed E-state index contributed by atoms with van der Waals surface area (Å²) >= 11 is 0. The maximum absolute atomic E-state index is 13.2. The number of benzene rings is 2. The molecule has 0 aliphatic carbocycles. The fourth-order valence-electron chi connectivity index (χ4n) is 3.20. The van der Waals surface area contributed by atoms with Crippen molar-refractivity contribution in [3.05, 3.63) is 71.8 Å². The number of hydrogen-bond donors (Lipinski definition) is 1. The fourth-order valence-corrected chi connectivity index (χ4v) is 3.20. The summed E-state index contributed by atoms with van der Waals surface area (Å²) in [4.78, 5) is 28.0. The summed E-state index contributed by atoms with van der Waals surface area (Å²) < 4.78 is 0. The van der Waals surface area contributed by atoms with Crippen molar-refractivity contribution in [2.24, 2.45) is 5.92 Å². The Hall–Kier alpha value is -2.62. The summed E-state index contributed by atoms with van der Waals surface area (Å²) in [5.74, 6) is -0.337. The van der Waals surface area contributed by atoms with Crippen molar-refractivity contribution in [3.8, 4) is 0 Å². The molecule has 0 radical (unpaired) electrons. The van der Waals surface area contributed by atoms with Crippen molar-refractivity contribution in [1.82, 2.24) is 10.2 Å². The molecule has 28 heavy (non-hydrogen) atoms. The van der Waals surface area contributed by atoms with Crippen LogP contribution in [0.25, 0.3) is 0 Å². The van der Waals surface area contributed by atoms with E-state index in [4.69, 9.17) is 0 Å². The molecule has 0 spiro atoms. The summed E-state index contributed by atoms with van der Waals surface area (Å²) in [6.45, 7) is 6.92. The SMILES string of the molecule is CCCCCNC(=O)[C@H](c1ccccc1)N(Cc1ccccc1)C(=O)C(C)C. The van der Waals surface area contributed by atoms with Crippen LogP contribution in [0.4, 0.5) is 0 Å². The van der Waals surface area contributed by atoms with E-state index in [1.165, 1.54) is 0 Å². The van der Waals surface area contributed by atoms with Gasteiger partial charge in [-0.1, -0.05) is 94.3 Å². The highest BCUT2D eigenvalue weighted by molar-refractivity contribution is 5.89. The van der Waals surface area contributed by atoms with Gasteiger partial charge in [0.05, 0.1) is 0 Å². The zero-order valence-corrected chi connectivity index (χ0v) is 17.2. The van der Waals surface area contributed by atoms with Gasteiger partial charge in [-0.3, -0.25) is 9.59 Å². The van der Waals surface area contributed by atoms with E-state index in [1.54, 1.807) is 4.90 Å². The molecule has 4 nitrogen and oxygen atoms in total. The van der Waals surface area contributed by atoms with E-state index in [1.807, 2.05) is 74.5 Å². The topological polar surface area (TPSA) is 49.4 Å². The highest BCUT2D eigenvalue weighted by atomic mass is 16.2. The second kappa shape index (κ2) is 11.3. The molecule has 1 atom stereocenters. The first-order valence-electron chi connectivity index (χ1n) is 10.2. The van der Waals surface area contributed by atoms with Crippen LogP contribution in [0.1, 0.15) is 57.2 Å². The van der Waals surface area contributed by atoms with Crippen LogP contribution in [0.15, 0.2) is 60.7 Å². The molecule has 0 saturated carbocycles. The van der Waals surface area contributed by atoms with Gasteiger partial charge in [-0.25, -0.2) is 0 Å². The molecule has 0 aliphatic heterocycles. The molecule has 2 aromatic rings. The number of nitrogens with zero attached hydrogens (tertiary/aromatic N) is 1. The molecular formula is C24H32N2O2. The fraction of sp³-hybridized carbons (Fsp3) is 0.417. The van der Waals surface area contributed by atoms with Crippen LogP contribution in [0.3, 0.4) is 0 Å². The molecule has 0 aromatic heterocycles. The number of unbranched alkanes of at least 4 members (excludes halogenated alkanes) is 2. The highest BCUT2D eigenvalue weighted by Crippen LogP contribution is 2.25. The van der Waals surface area contributed by atoms with E-state index in [-0.39, 0.29) is 17.7 Å². The summed E-state index contributed by atoms with van der Waals surface area (Å²) in [5, 5.41) is 3.04. The Kier molecular flexibility index (Phi) is 8.73. The average molecular weight is 381 g/mol. The van der Waals surface area contributed by atoms with Gasteiger partial charge in [0.15, 0.2) is 0 Å². The predicted molar refractivity (Wildman–Crippen MR) is 114 cm³/mol. The van der Waals surface area contributed by atoms with Crippen molar-refractivity contribution in [2.45, 2.75) is 52.6 Å². The molecule has 0 unspecified atom stereocenters. The second-order valence-electron chi connectivity index (χ2n) is 7.42. The van der Waals surface area contributed by atoms with E-state index < -0.39 is 6.04 Å². The van der Waals surface area contributed by atoms with E-state index in [0.717, 1.165) is 30.4 Å². The van der Waals surface area contributed by atoms with Crippen LogP contribution >= 0.6 is 0 Å². The lowest BCUT2D eigenvalue weighted by Gasteiger charge is -2.33. The predicted octanol–water partition coefficient (Wildman–Crippen LogP) is 4.72. The molecular weight excluding hydrogens is 348 g/mol. The van der Waals surface area contributed by atoms with Gasteiger partial charge in [-0.05, 0) is 17.5 Å². The number of carbonyl (C=O) groups is 2. The second-order valence-corrected chi connectivity index (χ2v) is 7.42. The van der Waals surface area contributed by atoms with Crippen LogP contribution in [0.5, 0.6) is 0 Å². The zero-order valence-electron chi connectivity index (χ0n) is 17.2. The van der Waals surface area contributed by atoms with E-state index in [2.05, 4.69) is 12.2 Å². The van der Waals surface area contributed by atoms with Crippen molar-refractivity contribution in [2.75, 3.05) is 6.54 Å². The summed E-state index contributed by atoms with van der Waals surface area (Å²) in [6, 6.07) is 18.8. The molecule has 2 aromatic carbocycles. The zero-order chi connectivity index (χ0) is 20.4. The van der Waals surface area contributed by atoms with Crippen molar-refractivity contribution in [1.29, 1.82) is 0 Å². The molecule has 150 valence electrons. The van der Waals surface area contributed by atoms with Gasteiger partial charge >= 0.3 is 0 Å². The van der Waals surface area contributed by atoms with Gasteiger partial charge in [0.25, 0.3) is 0 Å². The van der Waals surface area contributed by atoms with Crippen LogP contribution in [0, 0.1) is 5.92 Å². The Morgan fingerprint density at radius 1 is 0.929 bits per heavy atom. The smallest absolute Gasteiger partial charge is 0.247 e. The number of amides is 2. The first-order chi connectivity index (χ1) is 13.5. The standard InChI is InChI=1S/C24H32N2O2/c1-4-5-12-17-25-23(27)22(21-15-10-7-11-16-21)26(24(28)19(2)3)18-20-13-8-6-9-14-20/h6-11,13-16,19,22H,4-5,12,17-18H2,1-3H3,(H,25,27)/t22-/m0/s1. The van der Waals surface area contributed by atoms with Crippen LogP contribution < -0.4 is 5.32 Å². The number of nitrogens with one attached hydrogen (secondary N) is 1. The number of carbonyl (C=O) groups excluding carboxylic acids is 2. The Morgan fingerprint density at radius 3 is 2.11 bits per heavy atom. The summed E-state index contributed by atoms with van der Waals surface area (Å²) in [7, 11) is 0. The van der Waals surface area contributed by atoms with Gasteiger partial charge < -0.3 is 10.2 Å². The monoisotopic (exact) mass is 380 g/mol. The Bertz CT molecular complexity index is 729. The lowest BCUT2D eigenvalue weighted by Crippen LogP contribution is -2.45. The van der Waals surface area contributed by atoms with Crippen LogP contribution in [0.2, 0.25) is 0 Å². The van der Waals surface area contributed by atoms with Gasteiger partial charge in [-0.2, -0.15) is 0 Å². The maximum Gasteiger partial charge on any atom is 0.247 e. The minimum atomic E-state index is -0.641. The lowest BCUT2D eigenvalue weighted by atomic mass is 10.0. The quantitative estimate of drug-likeness (QED) is 0.606. The third-order valence-corrected chi connectivity index (χ3v) is 4.73. The Balaban J connectivity index is 2.34. The summed E-state index contributed by atoms with van der Waals surface area (Å²) in [5.41, 5.74) is 1.84. The molecule has 0 heterocycles. The van der Waals surface area contributed by atoms with Crippen LogP contribution in [-0.4, -0.2) is 23.3 Å². The number of rotatable bonds is 10. The molecule has 0 aliphatic rings.